The number of aldehydes is 2. The summed E-state index contributed by atoms with van der Waals surface area (Å²) in [6, 6.07) is 12.8. The number of hydrogen-bond acceptors (Lipinski definition) is 4. The maximum Gasteiger partial charge on any atom is 0.343 e. The zero-order valence-electron chi connectivity index (χ0n) is 9.91. The van der Waals surface area contributed by atoms with Gasteiger partial charge in [-0.25, -0.2) is 4.79 Å². The van der Waals surface area contributed by atoms with Gasteiger partial charge >= 0.3 is 5.97 Å². The number of esters is 1. The molecule has 0 unspecified atom stereocenters. The highest BCUT2D eigenvalue weighted by Crippen LogP contribution is 2.17. The van der Waals surface area contributed by atoms with Gasteiger partial charge in [-0.3, -0.25) is 9.59 Å². The molecule has 4 heteroatoms. The van der Waals surface area contributed by atoms with Gasteiger partial charge < -0.3 is 4.74 Å². The fraction of sp³-hybridized carbons (Fsp3) is 0. The summed E-state index contributed by atoms with van der Waals surface area (Å²) < 4.78 is 5.13. The van der Waals surface area contributed by atoms with Crippen molar-refractivity contribution in [1.29, 1.82) is 0 Å². The van der Waals surface area contributed by atoms with E-state index in [1.165, 1.54) is 18.2 Å². The van der Waals surface area contributed by atoms with E-state index in [0.717, 1.165) is 0 Å². The summed E-state index contributed by atoms with van der Waals surface area (Å²) in [7, 11) is 0. The van der Waals surface area contributed by atoms with E-state index >= 15 is 0 Å². The van der Waals surface area contributed by atoms with Crippen molar-refractivity contribution in [2.45, 2.75) is 0 Å². The maximum absolute atomic E-state index is 11.8. The van der Waals surface area contributed by atoms with Crippen LogP contribution < -0.4 is 4.74 Å². The minimum Gasteiger partial charge on any atom is -0.423 e. The summed E-state index contributed by atoms with van der Waals surface area (Å²) in [4.78, 5) is 33.3. The molecule has 2 aromatic rings. The third-order valence-electron chi connectivity index (χ3n) is 2.53. The fourth-order valence-corrected chi connectivity index (χ4v) is 1.57. The van der Waals surface area contributed by atoms with Crippen LogP contribution >= 0.6 is 0 Å². The van der Waals surface area contributed by atoms with E-state index in [4.69, 9.17) is 4.74 Å². The highest BCUT2D eigenvalue weighted by atomic mass is 16.5. The van der Waals surface area contributed by atoms with E-state index in [-0.39, 0.29) is 16.9 Å². The quantitative estimate of drug-likeness (QED) is 0.478. The monoisotopic (exact) mass is 254 g/mol. The molecule has 0 radical (unpaired) electrons. The van der Waals surface area contributed by atoms with E-state index in [9.17, 15) is 14.4 Å². The molecule has 0 amide bonds. The van der Waals surface area contributed by atoms with E-state index in [1.54, 1.807) is 30.3 Å². The van der Waals surface area contributed by atoms with Gasteiger partial charge in [-0.15, -0.1) is 0 Å². The normalized spacial score (nSPS) is 9.68. The zero-order valence-corrected chi connectivity index (χ0v) is 9.91. The van der Waals surface area contributed by atoms with Crippen LogP contribution in [-0.2, 0) is 0 Å². The van der Waals surface area contributed by atoms with Gasteiger partial charge in [-0.05, 0) is 30.3 Å². The Hall–Kier alpha value is -2.75. The molecule has 0 spiro atoms. The first-order valence-electron chi connectivity index (χ1n) is 5.56. The van der Waals surface area contributed by atoms with Crippen molar-refractivity contribution in [1.82, 2.24) is 0 Å². The smallest absolute Gasteiger partial charge is 0.343 e. The van der Waals surface area contributed by atoms with Crippen LogP contribution in [0.25, 0.3) is 0 Å². The number of rotatable bonds is 4. The first-order chi connectivity index (χ1) is 9.24. The highest BCUT2D eigenvalue weighted by molar-refractivity contribution is 5.93. The van der Waals surface area contributed by atoms with Crippen LogP contribution in [0.2, 0.25) is 0 Å². The molecule has 0 heterocycles. The molecule has 0 saturated heterocycles. The molecule has 0 N–H and O–H groups in total. The minimum absolute atomic E-state index is 0.188. The highest BCUT2D eigenvalue weighted by Gasteiger charge is 2.09. The molecule has 4 nitrogen and oxygen atoms in total. The van der Waals surface area contributed by atoms with Crippen LogP contribution in [0.3, 0.4) is 0 Å². The van der Waals surface area contributed by atoms with Crippen molar-refractivity contribution in [3.05, 3.63) is 65.2 Å². The topological polar surface area (TPSA) is 60.4 Å². The number of hydrogen-bond donors (Lipinski definition) is 0. The predicted octanol–water partition coefficient (Wildman–Crippen LogP) is 2.53. The molecule has 0 atom stereocenters. The van der Waals surface area contributed by atoms with E-state index in [0.29, 0.717) is 18.1 Å². The lowest BCUT2D eigenvalue weighted by Crippen LogP contribution is -2.08. The van der Waals surface area contributed by atoms with Crippen LogP contribution in [-0.4, -0.2) is 18.5 Å². The Morgan fingerprint density at radius 1 is 0.895 bits per heavy atom. The van der Waals surface area contributed by atoms with Crippen molar-refractivity contribution in [3.63, 3.8) is 0 Å². The number of carbonyl (C=O) groups is 3. The third-order valence-corrected chi connectivity index (χ3v) is 2.53. The van der Waals surface area contributed by atoms with Gasteiger partial charge in [-0.2, -0.15) is 0 Å². The standard InChI is InChI=1S/C15H10O4/c16-9-12-6-7-14(8-13(12)10-17)19-15(18)11-4-2-1-3-5-11/h1-10H. The molecule has 94 valence electrons. The molecule has 0 saturated carbocycles. The Morgan fingerprint density at radius 2 is 1.58 bits per heavy atom. The molecular weight excluding hydrogens is 244 g/mol. The van der Waals surface area contributed by atoms with Crippen LogP contribution in [0.4, 0.5) is 0 Å². The van der Waals surface area contributed by atoms with Crippen molar-refractivity contribution >= 4 is 18.5 Å². The molecule has 2 rings (SSSR count). The first kappa shape index (κ1) is 12.7. The summed E-state index contributed by atoms with van der Waals surface area (Å²) in [6.07, 6.45) is 1.12. The summed E-state index contributed by atoms with van der Waals surface area (Å²) >= 11 is 0. The van der Waals surface area contributed by atoms with Crippen LogP contribution in [0, 0.1) is 0 Å². The summed E-state index contributed by atoms with van der Waals surface area (Å²) in [6.45, 7) is 0. The molecule has 2 aromatic carbocycles. The summed E-state index contributed by atoms with van der Waals surface area (Å²) in [5.74, 6) is -0.294. The fourth-order valence-electron chi connectivity index (χ4n) is 1.57. The first-order valence-corrected chi connectivity index (χ1v) is 5.56. The second-order valence-electron chi connectivity index (χ2n) is 3.78. The number of carbonyl (C=O) groups excluding carboxylic acids is 3. The van der Waals surface area contributed by atoms with Crippen molar-refractivity contribution < 1.29 is 19.1 Å². The summed E-state index contributed by atoms with van der Waals surface area (Å²) in [5, 5.41) is 0. The molecule has 0 aliphatic carbocycles. The Labute approximate surface area is 109 Å². The van der Waals surface area contributed by atoms with Gasteiger partial charge in [0.1, 0.15) is 5.75 Å². The lowest BCUT2D eigenvalue weighted by atomic mass is 10.1. The van der Waals surface area contributed by atoms with Gasteiger partial charge in [-0.1, -0.05) is 18.2 Å². The molecular formula is C15H10O4. The lowest BCUT2D eigenvalue weighted by molar-refractivity contribution is 0.0734. The number of benzene rings is 2. The Kier molecular flexibility index (Phi) is 3.83. The average molecular weight is 254 g/mol. The van der Waals surface area contributed by atoms with Crippen molar-refractivity contribution in [2.24, 2.45) is 0 Å². The molecule has 19 heavy (non-hydrogen) atoms. The van der Waals surface area contributed by atoms with Gasteiger partial charge in [0.15, 0.2) is 12.6 Å². The second kappa shape index (κ2) is 5.73. The van der Waals surface area contributed by atoms with E-state index in [1.807, 2.05) is 0 Å². The molecule has 0 aliphatic heterocycles. The summed E-state index contributed by atoms with van der Waals surface area (Å²) in [5.41, 5.74) is 0.859. The third kappa shape index (κ3) is 2.93. The second-order valence-corrected chi connectivity index (χ2v) is 3.78. The molecule has 0 aromatic heterocycles. The van der Waals surface area contributed by atoms with Crippen molar-refractivity contribution in [3.8, 4) is 5.75 Å². The minimum atomic E-state index is -0.517. The Bertz CT molecular complexity index is 617. The van der Waals surface area contributed by atoms with E-state index < -0.39 is 5.97 Å². The molecule has 0 aliphatic rings. The van der Waals surface area contributed by atoms with Crippen molar-refractivity contribution in [2.75, 3.05) is 0 Å². The molecule has 0 bridgehead atoms. The van der Waals surface area contributed by atoms with Gasteiger partial charge in [0.05, 0.1) is 5.56 Å². The van der Waals surface area contributed by atoms with Gasteiger partial charge in [0.25, 0.3) is 0 Å². The van der Waals surface area contributed by atoms with Crippen LogP contribution in [0.1, 0.15) is 31.1 Å². The Balaban J connectivity index is 2.22. The van der Waals surface area contributed by atoms with E-state index in [2.05, 4.69) is 0 Å². The lowest BCUT2D eigenvalue weighted by Gasteiger charge is -2.05. The van der Waals surface area contributed by atoms with Crippen LogP contribution in [0.5, 0.6) is 5.75 Å². The molecule has 0 fully saturated rings. The largest absolute Gasteiger partial charge is 0.423 e. The maximum atomic E-state index is 11.8. The van der Waals surface area contributed by atoms with Gasteiger partial charge in [0.2, 0.25) is 0 Å². The number of ether oxygens (including phenoxy) is 1. The predicted molar refractivity (Wildman–Crippen MR) is 68.6 cm³/mol. The Morgan fingerprint density at radius 3 is 2.21 bits per heavy atom. The SMILES string of the molecule is O=Cc1ccc(OC(=O)c2ccccc2)cc1C=O. The van der Waals surface area contributed by atoms with Gasteiger partial charge in [0, 0.05) is 11.1 Å². The van der Waals surface area contributed by atoms with Crippen LogP contribution in [0.15, 0.2) is 48.5 Å². The zero-order chi connectivity index (χ0) is 13.7. The average Bonchev–Trinajstić information content (AvgIpc) is 2.48.